The van der Waals surface area contributed by atoms with Crippen LogP contribution in [0.2, 0.25) is 0 Å². The molecule has 0 aromatic carbocycles. The van der Waals surface area contributed by atoms with Crippen LogP contribution in [-0.2, 0) is 0 Å². The van der Waals surface area contributed by atoms with Crippen molar-refractivity contribution in [3.8, 4) is 0 Å². The van der Waals surface area contributed by atoms with E-state index < -0.39 is 6.16 Å². The van der Waals surface area contributed by atoms with Crippen molar-refractivity contribution in [1.29, 1.82) is 0 Å². The Balaban J connectivity index is -0.0000000183. The number of rotatable bonds is 0. The molecule has 0 aliphatic carbocycles. The van der Waals surface area contributed by atoms with E-state index in [2.05, 4.69) is 13.2 Å². The summed E-state index contributed by atoms with van der Waals surface area (Å²) in [5, 5.41) is 13.9. The summed E-state index contributed by atoms with van der Waals surface area (Å²) in [6, 6.07) is 0. The Morgan fingerprint density at radius 2 is 1.38 bits per heavy atom. The van der Waals surface area contributed by atoms with Crippen LogP contribution in [0.25, 0.3) is 0 Å². The molecule has 0 bridgehead atoms. The molecule has 0 fully saturated rings. The average Bonchev–Trinajstić information content (AvgIpc) is 1.41. The molecule has 0 saturated heterocycles. The Hall–Kier alpha value is -0.463. The van der Waals surface area contributed by atoms with Crippen LogP contribution < -0.4 is 18.9 Å². The van der Waals surface area contributed by atoms with Crippen LogP contribution in [0.5, 0.6) is 0 Å². The van der Waals surface area contributed by atoms with Gasteiger partial charge in [-0.2, -0.15) is 0 Å². The SMILES string of the molecule is F.O=C(O)O.[CH-]=C.[Li+]. The summed E-state index contributed by atoms with van der Waals surface area (Å²) in [6.45, 7) is 7.00. The molecule has 0 unspecified atom stereocenters. The minimum Gasteiger partial charge on any atom is -0.521 e. The summed E-state index contributed by atoms with van der Waals surface area (Å²) < 4.78 is 0. The quantitative estimate of drug-likeness (QED) is 0.284. The van der Waals surface area contributed by atoms with Crippen molar-refractivity contribution in [2.75, 3.05) is 0 Å². The summed E-state index contributed by atoms with van der Waals surface area (Å²) in [5.41, 5.74) is 0. The Labute approximate surface area is 58.6 Å². The first kappa shape index (κ1) is 25.7. The summed E-state index contributed by atoms with van der Waals surface area (Å²) in [6.07, 6.45) is -1.83. The number of hydrogen-bond acceptors (Lipinski definition) is 1. The molecule has 0 rings (SSSR count). The predicted octanol–water partition coefficient (Wildman–Crippen LogP) is -2.02. The zero-order valence-electron chi connectivity index (χ0n) is 4.50. The Morgan fingerprint density at radius 1 is 1.38 bits per heavy atom. The van der Waals surface area contributed by atoms with Gasteiger partial charge in [0.05, 0.1) is 0 Å². The maximum atomic E-state index is 8.56. The molecule has 5 heteroatoms. The standard InChI is InChI=1S/C2H3.CH2O3.FH.Li/c1-2;2-1(3)4;;/h1H,2H2;(H2,2,3,4);1H;/q-1;;;+1. The minimum absolute atomic E-state index is 0. The minimum atomic E-state index is -1.83. The van der Waals surface area contributed by atoms with E-state index in [1.54, 1.807) is 0 Å². The molecular weight excluding hydrogens is 110 g/mol. The Kier molecular flexibility index (Phi) is 100. The van der Waals surface area contributed by atoms with Crippen LogP contribution in [0, 0.1) is 6.58 Å². The van der Waals surface area contributed by atoms with Crippen molar-refractivity contribution in [1.82, 2.24) is 0 Å². The van der Waals surface area contributed by atoms with E-state index in [-0.39, 0.29) is 23.6 Å². The fourth-order valence-electron chi connectivity index (χ4n) is 0. The van der Waals surface area contributed by atoms with Crippen LogP contribution >= 0.6 is 0 Å². The second-order valence-corrected chi connectivity index (χ2v) is 0.283. The molecule has 0 aromatic heterocycles. The van der Waals surface area contributed by atoms with Gasteiger partial charge in [0.25, 0.3) is 0 Å². The summed E-state index contributed by atoms with van der Waals surface area (Å²) in [5.74, 6) is 0. The van der Waals surface area contributed by atoms with Gasteiger partial charge in [-0.15, -0.1) is 0 Å². The fraction of sp³-hybridized carbons (Fsp3) is 0. The van der Waals surface area contributed by atoms with Crippen molar-refractivity contribution in [2.45, 2.75) is 0 Å². The predicted molar refractivity (Wildman–Crippen MR) is 23.1 cm³/mol. The van der Waals surface area contributed by atoms with Gasteiger partial charge < -0.3 is 16.8 Å². The van der Waals surface area contributed by atoms with Gasteiger partial charge in [-0.3, -0.25) is 11.3 Å². The molecule has 0 heterocycles. The zero-order chi connectivity index (χ0) is 5.58. The third-order valence-corrected chi connectivity index (χ3v) is 0. The van der Waals surface area contributed by atoms with E-state index in [9.17, 15) is 0 Å². The number of halogens is 1. The van der Waals surface area contributed by atoms with Gasteiger partial charge in [0.2, 0.25) is 0 Å². The normalized spacial score (nSPS) is 3.50. The van der Waals surface area contributed by atoms with Crippen molar-refractivity contribution < 1.29 is 38.6 Å². The second-order valence-electron chi connectivity index (χ2n) is 0.283. The Morgan fingerprint density at radius 3 is 1.38 bits per heavy atom. The van der Waals surface area contributed by atoms with E-state index >= 15 is 0 Å². The van der Waals surface area contributed by atoms with E-state index in [1.165, 1.54) is 0 Å². The molecule has 0 aromatic rings. The van der Waals surface area contributed by atoms with E-state index in [0.29, 0.717) is 0 Å². The van der Waals surface area contributed by atoms with Gasteiger partial charge in [-0.25, -0.2) is 4.79 Å². The van der Waals surface area contributed by atoms with Crippen molar-refractivity contribution in [3.05, 3.63) is 13.2 Å². The van der Waals surface area contributed by atoms with E-state index in [0.717, 1.165) is 0 Å². The molecule has 0 amide bonds. The van der Waals surface area contributed by atoms with Crippen LogP contribution in [0.1, 0.15) is 0 Å². The van der Waals surface area contributed by atoms with Crippen molar-refractivity contribution >= 4 is 6.16 Å². The molecule has 3 nitrogen and oxygen atoms in total. The zero-order valence-corrected chi connectivity index (χ0v) is 4.50. The van der Waals surface area contributed by atoms with Crippen LogP contribution in [0.4, 0.5) is 9.50 Å². The first-order valence-corrected chi connectivity index (χ1v) is 1.06. The number of carboxylic acid groups (broad SMARTS) is 2. The third kappa shape index (κ3) is 533. The van der Waals surface area contributed by atoms with Gasteiger partial charge in [-0.1, -0.05) is 0 Å². The third-order valence-electron chi connectivity index (χ3n) is 0. The van der Waals surface area contributed by atoms with E-state index in [4.69, 9.17) is 15.0 Å². The molecule has 0 aliphatic heterocycles. The van der Waals surface area contributed by atoms with Crippen LogP contribution in [0.3, 0.4) is 0 Å². The smallest absolute Gasteiger partial charge is 0.521 e. The molecule has 8 heavy (non-hydrogen) atoms. The molecule has 0 radical (unpaired) electrons. The Bertz CT molecular complexity index is 45.8. The first-order chi connectivity index (χ1) is 2.73. The van der Waals surface area contributed by atoms with Gasteiger partial charge in [0, 0.05) is 0 Å². The van der Waals surface area contributed by atoms with Crippen molar-refractivity contribution in [3.63, 3.8) is 0 Å². The van der Waals surface area contributed by atoms with Crippen LogP contribution in [0.15, 0.2) is 6.58 Å². The molecule has 0 aliphatic rings. The van der Waals surface area contributed by atoms with Gasteiger partial charge in [0.1, 0.15) is 0 Å². The molecule has 2 N–H and O–H groups in total. The largest absolute Gasteiger partial charge is 1.00 e. The number of carbonyl (C=O) groups is 1. The van der Waals surface area contributed by atoms with E-state index in [1.807, 2.05) is 0 Å². The maximum absolute atomic E-state index is 8.56. The van der Waals surface area contributed by atoms with Gasteiger partial charge in [0.15, 0.2) is 0 Å². The molecule has 0 spiro atoms. The fourth-order valence-corrected chi connectivity index (χ4v) is 0. The number of hydrogen-bond donors (Lipinski definition) is 2. The first-order valence-electron chi connectivity index (χ1n) is 1.06. The average molecular weight is 116 g/mol. The summed E-state index contributed by atoms with van der Waals surface area (Å²) in [4.78, 5) is 8.56. The molecule has 44 valence electrons. The summed E-state index contributed by atoms with van der Waals surface area (Å²) in [7, 11) is 0. The molecular formula is C3H6FLiO3. The molecule has 0 saturated carbocycles. The van der Waals surface area contributed by atoms with Crippen molar-refractivity contribution in [2.24, 2.45) is 0 Å². The molecule has 0 atom stereocenters. The maximum Gasteiger partial charge on any atom is 1.00 e. The second kappa shape index (κ2) is 31.1. The van der Waals surface area contributed by atoms with Crippen LogP contribution in [-0.4, -0.2) is 16.4 Å². The topological polar surface area (TPSA) is 57.5 Å². The summed E-state index contributed by atoms with van der Waals surface area (Å²) >= 11 is 0. The van der Waals surface area contributed by atoms with Gasteiger partial charge in [-0.05, 0) is 0 Å². The monoisotopic (exact) mass is 116 g/mol. The van der Waals surface area contributed by atoms with Gasteiger partial charge >= 0.3 is 25.0 Å².